The molecule has 6 heteroatoms. The molecule has 1 aliphatic heterocycles. The highest BCUT2D eigenvalue weighted by Crippen LogP contribution is 2.19. The number of nitrogens with zero attached hydrogens (tertiary/aromatic N) is 4. The van der Waals surface area contributed by atoms with E-state index in [1.54, 1.807) is 24.4 Å². The van der Waals surface area contributed by atoms with Gasteiger partial charge in [0.2, 0.25) is 0 Å². The van der Waals surface area contributed by atoms with Gasteiger partial charge in [-0.1, -0.05) is 12.1 Å². The van der Waals surface area contributed by atoms with E-state index in [9.17, 15) is 9.18 Å². The fraction of sp³-hybridized carbons (Fsp3) is 0.476. The first-order chi connectivity index (χ1) is 13.2. The number of benzene rings is 1. The molecule has 5 nitrogen and oxygen atoms in total. The molecular weight excluding hydrogens is 343 g/mol. The minimum atomic E-state index is -0.174. The van der Waals surface area contributed by atoms with Crippen LogP contribution >= 0.6 is 0 Å². The lowest BCUT2D eigenvalue weighted by molar-refractivity contribution is 0.0690. The van der Waals surface area contributed by atoms with Crippen LogP contribution in [-0.2, 0) is 6.42 Å². The van der Waals surface area contributed by atoms with Gasteiger partial charge < -0.3 is 9.80 Å². The van der Waals surface area contributed by atoms with Gasteiger partial charge in [0.1, 0.15) is 5.82 Å². The Morgan fingerprint density at radius 1 is 1.33 bits per heavy atom. The largest absolute Gasteiger partial charge is 0.339 e. The lowest BCUT2D eigenvalue weighted by Gasteiger charge is -2.35. The number of carbonyl (C=O) groups excluding carboxylic acids is 1. The maximum Gasteiger partial charge on any atom is 0.255 e. The molecule has 0 saturated carbocycles. The molecule has 1 atom stereocenters. The molecule has 1 saturated heterocycles. The van der Waals surface area contributed by atoms with Crippen molar-refractivity contribution in [3.8, 4) is 0 Å². The predicted molar refractivity (Wildman–Crippen MR) is 103 cm³/mol. The molecule has 0 N–H and O–H groups in total. The van der Waals surface area contributed by atoms with E-state index in [-0.39, 0.29) is 11.7 Å². The highest BCUT2D eigenvalue weighted by atomic mass is 19.1. The number of hydrogen-bond acceptors (Lipinski definition) is 4. The van der Waals surface area contributed by atoms with Crippen molar-refractivity contribution >= 4 is 5.91 Å². The van der Waals surface area contributed by atoms with E-state index in [2.05, 4.69) is 15.1 Å². The highest BCUT2D eigenvalue weighted by Gasteiger charge is 2.24. The first-order valence-corrected chi connectivity index (χ1v) is 9.68. The number of carbonyl (C=O) groups is 1. The molecule has 0 radical (unpaired) electrons. The Hall–Kier alpha value is -2.34. The van der Waals surface area contributed by atoms with E-state index < -0.39 is 0 Å². The third kappa shape index (κ3) is 5.57. The monoisotopic (exact) mass is 370 g/mol. The Morgan fingerprint density at radius 3 is 2.96 bits per heavy atom. The predicted octanol–water partition coefficient (Wildman–Crippen LogP) is 3.03. The van der Waals surface area contributed by atoms with Gasteiger partial charge in [0.25, 0.3) is 5.91 Å². The van der Waals surface area contributed by atoms with Crippen molar-refractivity contribution in [2.75, 3.05) is 32.7 Å². The molecule has 1 fully saturated rings. The summed E-state index contributed by atoms with van der Waals surface area (Å²) in [6, 6.07) is 8.55. The number of likely N-dealkylation sites (tertiary alicyclic amines) is 1. The summed E-state index contributed by atoms with van der Waals surface area (Å²) in [5, 5.41) is 7.55. The summed E-state index contributed by atoms with van der Waals surface area (Å²) in [7, 11) is 0. The Bertz CT molecular complexity index is 740. The van der Waals surface area contributed by atoms with Gasteiger partial charge in [-0.15, -0.1) is 0 Å². The van der Waals surface area contributed by atoms with Crippen molar-refractivity contribution in [2.45, 2.75) is 26.2 Å². The normalized spacial score (nSPS) is 17.6. The Balaban J connectivity index is 1.53. The lowest BCUT2D eigenvalue weighted by Crippen LogP contribution is -2.43. The van der Waals surface area contributed by atoms with E-state index in [0.29, 0.717) is 18.0 Å². The average molecular weight is 370 g/mol. The lowest BCUT2D eigenvalue weighted by atomic mass is 9.96. The zero-order valence-corrected chi connectivity index (χ0v) is 15.9. The Morgan fingerprint density at radius 2 is 2.22 bits per heavy atom. The van der Waals surface area contributed by atoms with Crippen molar-refractivity contribution in [1.29, 1.82) is 0 Å². The first-order valence-electron chi connectivity index (χ1n) is 9.68. The minimum absolute atomic E-state index is 0.0179. The van der Waals surface area contributed by atoms with Crippen molar-refractivity contribution in [1.82, 2.24) is 20.0 Å². The van der Waals surface area contributed by atoms with E-state index in [1.165, 1.54) is 12.3 Å². The summed E-state index contributed by atoms with van der Waals surface area (Å²) in [6.45, 7) is 6.42. The molecule has 0 spiro atoms. The Kier molecular flexibility index (Phi) is 6.87. The first kappa shape index (κ1) is 19.4. The van der Waals surface area contributed by atoms with Crippen LogP contribution in [0.2, 0.25) is 0 Å². The number of piperidine rings is 1. The van der Waals surface area contributed by atoms with Gasteiger partial charge in [-0.3, -0.25) is 4.79 Å². The number of amides is 1. The zero-order valence-electron chi connectivity index (χ0n) is 15.9. The van der Waals surface area contributed by atoms with Gasteiger partial charge in [0.15, 0.2) is 0 Å². The number of aromatic nitrogens is 2. The van der Waals surface area contributed by atoms with Gasteiger partial charge in [-0.25, -0.2) is 4.39 Å². The summed E-state index contributed by atoms with van der Waals surface area (Å²) < 4.78 is 13.3. The molecule has 1 aliphatic rings. The van der Waals surface area contributed by atoms with Crippen molar-refractivity contribution in [3.63, 3.8) is 0 Å². The second-order valence-corrected chi connectivity index (χ2v) is 7.16. The molecule has 1 unspecified atom stereocenters. The quantitative estimate of drug-likeness (QED) is 0.752. The van der Waals surface area contributed by atoms with E-state index in [1.807, 2.05) is 17.9 Å². The van der Waals surface area contributed by atoms with Crippen molar-refractivity contribution in [2.24, 2.45) is 5.92 Å². The summed E-state index contributed by atoms with van der Waals surface area (Å²) in [5.74, 6) is 0.306. The van der Waals surface area contributed by atoms with E-state index in [4.69, 9.17) is 0 Å². The van der Waals surface area contributed by atoms with Crippen LogP contribution in [0.5, 0.6) is 0 Å². The molecule has 2 heterocycles. The molecule has 1 aromatic heterocycles. The van der Waals surface area contributed by atoms with Gasteiger partial charge in [-0.05, 0) is 62.4 Å². The van der Waals surface area contributed by atoms with Crippen LogP contribution in [-0.4, -0.2) is 58.6 Å². The average Bonchev–Trinajstić information content (AvgIpc) is 2.71. The van der Waals surface area contributed by atoms with E-state index in [0.717, 1.165) is 51.0 Å². The molecule has 0 aliphatic carbocycles. The molecule has 3 rings (SSSR count). The van der Waals surface area contributed by atoms with Crippen molar-refractivity contribution < 1.29 is 9.18 Å². The third-order valence-corrected chi connectivity index (χ3v) is 5.19. The standard InChI is InChI=1S/C21H27FN4O/c1-2-26(21(27)19-8-10-23-24-14-19)16-18-6-4-11-25(15-18)12-9-17-5-3-7-20(22)13-17/h3,5,7-8,10,13-14,18H,2,4,6,9,11-12,15-16H2,1H3. The minimum Gasteiger partial charge on any atom is -0.339 e. The maximum absolute atomic E-state index is 13.3. The van der Waals surface area contributed by atoms with Crippen LogP contribution in [0.4, 0.5) is 4.39 Å². The summed E-state index contributed by atoms with van der Waals surface area (Å²) in [4.78, 5) is 17.0. The zero-order chi connectivity index (χ0) is 19.1. The van der Waals surface area contributed by atoms with Crippen LogP contribution < -0.4 is 0 Å². The molecule has 27 heavy (non-hydrogen) atoms. The summed E-state index contributed by atoms with van der Waals surface area (Å²) in [5.41, 5.74) is 1.62. The second kappa shape index (κ2) is 9.55. The van der Waals surface area contributed by atoms with E-state index >= 15 is 0 Å². The van der Waals surface area contributed by atoms with Crippen LogP contribution in [0.15, 0.2) is 42.7 Å². The smallest absolute Gasteiger partial charge is 0.255 e. The van der Waals surface area contributed by atoms with Crippen LogP contribution in [0, 0.1) is 11.7 Å². The number of hydrogen-bond donors (Lipinski definition) is 0. The molecule has 144 valence electrons. The number of halogens is 1. The molecular formula is C21H27FN4O. The fourth-order valence-electron chi connectivity index (χ4n) is 3.75. The topological polar surface area (TPSA) is 49.3 Å². The number of rotatable bonds is 7. The molecule has 0 bridgehead atoms. The van der Waals surface area contributed by atoms with Crippen molar-refractivity contribution in [3.05, 3.63) is 59.7 Å². The summed E-state index contributed by atoms with van der Waals surface area (Å²) >= 11 is 0. The molecule has 2 aromatic rings. The Labute approximate surface area is 160 Å². The third-order valence-electron chi connectivity index (χ3n) is 5.19. The SMILES string of the molecule is CCN(CC1CCCN(CCc2cccc(F)c2)C1)C(=O)c1ccnnc1. The summed E-state index contributed by atoms with van der Waals surface area (Å²) in [6.07, 6.45) is 6.20. The van der Waals surface area contributed by atoms with Gasteiger partial charge in [-0.2, -0.15) is 10.2 Å². The van der Waals surface area contributed by atoms with Gasteiger partial charge in [0, 0.05) is 26.2 Å². The highest BCUT2D eigenvalue weighted by molar-refractivity contribution is 5.93. The van der Waals surface area contributed by atoms with Gasteiger partial charge >= 0.3 is 0 Å². The second-order valence-electron chi connectivity index (χ2n) is 7.16. The molecule has 1 aromatic carbocycles. The van der Waals surface area contributed by atoms with Crippen LogP contribution in [0.25, 0.3) is 0 Å². The van der Waals surface area contributed by atoms with Crippen LogP contribution in [0.3, 0.4) is 0 Å². The van der Waals surface area contributed by atoms with Gasteiger partial charge in [0.05, 0.1) is 18.0 Å². The fourth-order valence-corrected chi connectivity index (χ4v) is 3.75. The van der Waals surface area contributed by atoms with Crippen LogP contribution in [0.1, 0.15) is 35.7 Å². The maximum atomic E-state index is 13.3. The molecule has 1 amide bonds.